The second-order valence-corrected chi connectivity index (χ2v) is 5.64. The van der Waals surface area contributed by atoms with Crippen molar-refractivity contribution in [3.63, 3.8) is 0 Å². The molecule has 1 aromatic carbocycles. The van der Waals surface area contributed by atoms with Gasteiger partial charge in [0, 0.05) is 23.6 Å². The van der Waals surface area contributed by atoms with Crippen molar-refractivity contribution in [1.82, 2.24) is 4.40 Å². The zero-order chi connectivity index (χ0) is 17.1. The Morgan fingerprint density at radius 1 is 1.29 bits per heavy atom. The van der Waals surface area contributed by atoms with Gasteiger partial charge in [0.15, 0.2) is 5.11 Å². The quantitative estimate of drug-likeness (QED) is 0.563. The normalized spacial score (nSPS) is 10.5. The van der Waals surface area contributed by atoms with Crippen molar-refractivity contribution >= 4 is 34.5 Å². The number of nitrogens with two attached hydrogens (primary N) is 1. The van der Waals surface area contributed by atoms with Gasteiger partial charge in [0.25, 0.3) is 0 Å². The zero-order valence-electron chi connectivity index (χ0n) is 13.2. The number of benzene rings is 1. The van der Waals surface area contributed by atoms with E-state index in [9.17, 15) is 4.79 Å². The first-order valence-corrected chi connectivity index (χ1v) is 7.94. The number of ether oxygens (including phenoxy) is 1. The summed E-state index contributed by atoms with van der Waals surface area (Å²) in [6, 6.07) is 13.3. The third kappa shape index (κ3) is 3.09. The fraction of sp³-hybridized carbons (Fsp3) is 0.111. The molecule has 0 radical (unpaired) electrons. The molecule has 0 spiro atoms. The first-order chi connectivity index (χ1) is 11.6. The molecule has 3 rings (SSSR count). The number of nitrogens with zero attached hydrogens (tertiary/aromatic N) is 1. The molecule has 0 aliphatic heterocycles. The maximum absolute atomic E-state index is 12.5. The maximum atomic E-state index is 12.5. The maximum Gasteiger partial charge on any atom is 0.340 e. The highest BCUT2D eigenvalue weighted by Gasteiger charge is 2.20. The van der Waals surface area contributed by atoms with E-state index in [0.29, 0.717) is 12.2 Å². The fourth-order valence-corrected chi connectivity index (χ4v) is 2.78. The summed E-state index contributed by atoms with van der Waals surface area (Å²) >= 11 is 4.88. The number of hydrogen-bond acceptors (Lipinski definition) is 3. The van der Waals surface area contributed by atoms with Gasteiger partial charge < -0.3 is 20.2 Å². The highest BCUT2D eigenvalue weighted by Crippen LogP contribution is 2.31. The van der Waals surface area contributed by atoms with Crippen LogP contribution in [-0.2, 0) is 4.74 Å². The van der Waals surface area contributed by atoms with Gasteiger partial charge in [-0.2, -0.15) is 0 Å². The van der Waals surface area contributed by atoms with Gasteiger partial charge in [0.1, 0.15) is 0 Å². The van der Waals surface area contributed by atoms with Crippen LogP contribution < -0.4 is 11.1 Å². The molecule has 5 nitrogen and oxygen atoms in total. The lowest BCUT2D eigenvalue weighted by Gasteiger charge is -2.08. The summed E-state index contributed by atoms with van der Waals surface area (Å²) in [6.07, 6.45) is 3.82. The number of hydrogen-bond donors (Lipinski definition) is 2. The largest absolute Gasteiger partial charge is 0.462 e. The molecular formula is C18H17N3O2S. The molecule has 3 aromatic rings. The SMILES string of the molecule is CCOC(=O)c1c(-c2cccc(NC(N)=S)c2)cn2ccccc12. The fourth-order valence-electron chi connectivity index (χ4n) is 2.67. The van der Waals surface area contributed by atoms with Crippen LogP contribution in [0.1, 0.15) is 17.3 Å². The standard InChI is InChI=1S/C18H17N3O2S/c1-2-23-17(22)16-14(11-21-9-4-3-8-15(16)21)12-6-5-7-13(10-12)20-18(19)24/h3-11H,2H2,1H3,(H3,19,20,24). The van der Waals surface area contributed by atoms with Crippen LogP contribution in [0.15, 0.2) is 54.9 Å². The van der Waals surface area contributed by atoms with Crippen LogP contribution in [-0.4, -0.2) is 22.1 Å². The first kappa shape index (κ1) is 16.0. The van der Waals surface area contributed by atoms with E-state index >= 15 is 0 Å². The third-order valence-electron chi connectivity index (χ3n) is 3.60. The van der Waals surface area contributed by atoms with Crippen molar-refractivity contribution in [3.05, 3.63) is 60.4 Å². The average Bonchev–Trinajstić information content (AvgIpc) is 2.94. The summed E-state index contributed by atoms with van der Waals surface area (Å²) in [5.74, 6) is -0.339. The summed E-state index contributed by atoms with van der Waals surface area (Å²) in [6.45, 7) is 2.12. The van der Waals surface area contributed by atoms with Crippen molar-refractivity contribution in [2.45, 2.75) is 6.92 Å². The highest BCUT2D eigenvalue weighted by molar-refractivity contribution is 7.80. The second kappa shape index (κ2) is 6.72. The van der Waals surface area contributed by atoms with Crippen LogP contribution in [0.25, 0.3) is 16.6 Å². The molecular weight excluding hydrogens is 322 g/mol. The predicted molar refractivity (Wildman–Crippen MR) is 99.2 cm³/mol. The number of nitrogens with one attached hydrogen (secondary N) is 1. The molecule has 0 aliphatic rings. The second-order valence-electron chi connectivity index (χ2n) is 5.20. The lowest BCUT2D eigenvalue weighted by atomic mass is 10.0. The summed E-state index contributed by atoms with van der Waals surface area (Å²) in [4.78, 5) is 12.5. The minimum Gasteiger partial charge on any atom is -0.462 e. The first-order valence-electron chi connectivity index (χ1n) is 7.54. The lowest BCUT2D eigenvalue weighted by Crippen LogP contribution is -2.18. The Morgan fingerprint density at radius 2 is 2.12 bits per heavy atom. The van der Waals surface area contributed by atoms with Crippen LogP contribution in [0.2, 0.25) is 0 Å². The zero-order valence-corrected chi connectivity index (χ0v) is 14.0. The number of thiocarbonyl (C=S) groups is 1. The molecule has 2 aromatic heterocycles. The Balaban J connectivity index is 2.17. The van der Waals surface area contributed by atoms with Gasteiger partial charge >= 0.3 is 5.97 Å². The number of anilines is 1. The molecule has 122 valence electrons. The third-order valence-corrected chi connectivity index (χ3v) is 3.71. The predicted octanol–water partition coefficient (Wildman–Crippen LogP) is 3.44. The van der Waals surface area contributed by atoms with E-state index in [1.807, 2.05) is 59.3 Å². The number of esters is 1. The van der Waals surface area contributed by atoms with Gasteiger partial charge in [0.05, 0.1) is 17.7 Å². The van der Waals surface area contributed by atoms with Crippen molar-refractivity contribution in [3.8, 4) is 11.1 Å². The van der Waals surface area contributed by atoms with E-state index in [1.54, 1.807) is 6.92 Å². The van der Waals surface area contributed by atoms with E-state index in [0.717, 1.165) is 22.3 Å². The van der Waals surface area contributed by atoms with Gasteiger partial charge in [-0.05, 0) is 49.0 Å². The average molecular weight is 339 g/mol. The molecule has 3 N–H and O–H groups in total. The topological polar surface area (TPSA) is 68.8 Å². The van der Waals surface area contributed by atoms with Gasteiger partial charge in [-0.3, -0.25) is 0 Å². The van der Waals surface area contributed by atoms with Gasteiger partial charge in [-0.1, -0.05) is 18.2 Å². The van der Waals surface area contributed by atoms with Gasteiger partial charge in [0.2, 0.25) is 0 Å². The van der Waals surface area contributed by atoms with Crippen LogP contribution in [0, 0.1) is 0 Å². The van der Waals surface area contributed by atoms with Crippen LogP contribution in [0.4, 0.5) is 5.69 Å². The Bertz CT molecular complexity index is 918. The molecule has 0 aliphatic carbocycles. The summed E-state index contributed by atoms with van der Waals surface area (Å²) in [5.41, 5.74) is 9.33. The summed E-state index contributed by atoms with van der Waals surface area (Å²) in [5, 5.41) is 3.10. The van der Waals surface area contributed by atoms with Crippen LogP contribution >= 0.6 is 12.2 Å². The Kier molecular flexibility index (Phi) is 4.48. The number of rotatable bonds is 4. The van der Waals surface area contributed by atoms with E-state index < -0.39 is 0 Å². The van der Waals surface area contributed by atoms with Crippen molar-refractivity contribution in [1.29, 1.82) is 0 Å². The minimum atomic E-state index is -0.339. The number of pyridine rings is 1. The van der Waals surface area contributed by atoms with Crippen molar-refractivity contribution < 1.29 is 9.53 Å². The molecule has 0 bridgehead atoms. The Morgan fingerprint density at radius 3 is 2.88 bits per heavy atom. The van der Waals surface area contributed by atoms with E-state index in [4.69, 9.17) is 22.7 Å². The van der Waals surface area contributed by atoms with E-state index in [1.165, 1.54) is 0 Å². The number of carbonyl (C=O) groups is 1. The molecule has 0 saturated carbocycles. The molecule has 0 amide bonds. The smallest absolute Gasteiger partial charge is 0.340 e. The minimum absolute atomic E-state index is 0.194. The summed E-state index contributed by atoms with van der Waals surface area (Å²) < 4.78 is 7.15. The Labute approximate surface area is 145 Å². The van der Waals surface area contributed by atoms with E-state index in [2.05, 4.69) is 5.32 Å². The van der Waals surface area contributed by atoms with Gasteiger partial charge in [-0.25, -0.2) is 4.79 Å². The monoisotopic (exact) mass is 339 g/mol. The molecule has 6 heteroatoms. The van der Waals surface area contributed by atoms with Gasteiger partial charge in [-0.15, -0.1) is 0 Å². The van der Waals surface area contributed by atoms with Crippen molar-refractivity contribution in [2.75, 3.05) is 11.9 Å². The number of aromatic nitrogens is 1. The number of carbonyl (C=O) groups excluding carboxylic acids is 1. The van der Waals surface area contributed by atoms with E-state index in [-0.39, 0.29) is 11.1 Å². The van der Waals surface area contributed by atoms with Crippen LogP contribution in [0.3, 0.4) is 0 Å². The molecule has 24 heavy (non-hydrogen) atoms. The Hall–Kier alpha value is -2.86. The van der Waals surface area contributed by atoms with Crippen LogP contribution in [0.5, 0.6) is 0 Å². The molecule has 2 heterocycles. The molecule has 0 saturated heterocycles. The lowest BCUT2D eigenvalue weighted by molar-refractivity contribution is 0.0529. The molecule has 0 unspecified atom stereocenters. The highest BCUT2D eigenvalue weighted by atomic mass is 32.1. The number of fused-ring (bicyclic) bond motifs is 1. The molecule has 0 atom stereocenters. The summed E-state index contributed by atoms with van der Waals surface area (Å²) in [7, 11) is 0. The van der Waals surface area contributed by atoms with Crippen molar-refractivity contribution in [2.24, 2.45) is 5.73 Å². The molecule has 0 fully saturated rings.